The van der Waals surface area contributed by atoms with Gasteiger partial charge in [0.2, 0.25) is 0 Å². The van der Waals surface area contributed by atoms with Crippen molar-refractivity contribution in [2.45, 2.75) is 26.9 Å². The average Bonchev–Trinajstić information content (AvgIpc) is 2.53. The van der Waals surface area contributed by atoms with Crippen molar-refractivity contribution in [2.24, 2.45) is 0 Å². The van der Waals surface area contributed by atoms with Gasteiger partial charge in [-0.1, -0.05) is 0 Å². The number of aromatic nitrogens is 1. The Morgan fingerprint density at radius 2 is 2.00 bits per heavy atom. The van der Waals surface area contributed by atoms with Crippen LogP contribution in [0.25, 0.3) is 0 Å². The predicted molar refractivity (Wildman–Crippen MR) is 61.2 cm³/mol. The summed E-state index contributed by atoms with van der Waals surface area (Å²) in [6, 6.07) is 1.47. The van der Waals surface area contributed by atoms with E-state index in [9.17, 15) is 9.50 Å². The molecule has 0 fully saturated rings. The number of aryl methyl sites for hydroxylation is 2. The van der Waals surface area contributed by atoms with Gasteiger partial charge in [0.1, 0.15) is 23.4 Å². The van der Waals surface area contributed by atoms with Crippen LogP contribution in [-0.2, 0) is 0 Å². The molecule has 1 unspecified atom stereocenters. The van der Waals surface area contributed by atoms with E-state index in [-0.39, 0.29) is 5.56 Å². The molecule has 1 atom stereocenters. The van der Waals surface area contributed by atoms with E-state index in [4.69, 9.17) is 4.42 Å². The summed E-state index contributed by atoms with van der Waals surface area (Å²) >= 11 is 0. The molecule has 0 saturated heterocycles. The van der Waals surface area contributed by atoms with Gasteiger partial charge in [-0.3, -0.25) is 4.98 Å². The first-order valence-corrected chi connectivity index (χ1v) is 5.36. The summed E-state index contributed by atoms with van der Waals surface area (Å²) in [5.74, 6) is 0.840. The molecule has 1 N–H and O–H groups in total. The molecule has 0 aliphatic heterocycles. The van der Waals surface area contributed by atoms with Gasteiger partial charge >= 0.3 is 0 Å². The molecule has 2 aromatic heterocycles. The summed E-state index contributed by atoms with van der Waals surface area (Å²) in [6.07, 6.45) is 1.53. The summed E-state index contributed by atoms with van der Waals surface area (Å²) in [7, 11) is 0. The number of furan rings is 1. The average molecular weight is 235 g/mol. The van der Waals surface area contributed by atoms with Gasteiger partial charge < -0.3 is 9.52 Å². The monoisotopic (exact) mass is 235 g/mol. The third-order valence-corrected chi connectivity index (χ3v) is 2.99. The zero-order valence-corrected chi connectivity index (χ0v) is 9.99. The van der Waals surface area contributed by atoms with Crippen LogP contribution in [0.3, 0.4) is 0 Å². The third-order valence-electron chi connectivity index (χ3n) is 2.99. The van der Waals surface area contributed by atoms with E-state index in [0.717, 1.165) is 17.5 Å². The van der Waals surface area contributed by atoms with Gasteiger partial charge in [0, 0.05) is 17.3 Å². The molecule has 0 aromatic carbocycles. The number of rotatable bonds is 2. The minimum Gasteiger partial charge on any atom is -0.466 e. The van der Waals surface area contributed by atoms with Crippen molar-refractivity contribution in [1.29, 1.82) is 0 Å². The smallest absolute Gasteiger partial charge is 0.147 e. The Morgan fingerprint density at radius 3 is 2.53 bits per heavy atom. The fourth-order valence-electron chi connectivity index (χ4n) is 1.98. The lowest BCUT2D eigenvalue weighted by Gasteiger charge is -2.12. The maximum atomic E-state index is 13.5. The molecule has 2 aromatic rings. The molecule has 3 nitrogen and oxygen atoms in total. The van der Waals surface area contributed by atoms with E-state index in [2.05, 4.69) is 4.98 Å². The Kier molecular flexibility index (Phi) is 2.98. The fraction of sp³-hybridized carbons (Fsp3) is 0.308. The Labute approximate surface area is 98.9 Å². The van der Waals surface area contributed by atoms with Crippen LogP contribution in [0.1, 0.15) is 34.3 Å². The second-order valence-corrected chi connectivity index (χ2v) is 4.05. The molecule has 0 bridgehead atoms. The van der Waals surface area contributed by atoms with Crippen LogP contribution >= 0.6 is 0 Å². The summed E-state index contributed by atoms with van der Waals surface area (Å²) in [4.78, 5) is 3.66. The van der Waals surface area contributed by atoms with Crippen LogP contribution in [0, 0.1) is 26.6 Å². The van der Waals surface area contributed by atoms with Gasteiger partial charge in [0.05, 0.1) is 6.20 Å². The van der Waals surface area contributed by atoms with Crippen LogP contribution < -0.4 is 0 Å². The molecule has 17 heavy (non-hydrogen) atoms. The van der Waals surface area contributed by atoms with Gasteiger partial charge in [-0.05, 0) is 32.4 Å². The fourth-order valence-corrected chi connectivity index (χ4v) is 1.98. The highest BCUT2D eigenvalue weighted by atomic mass is 19.1. The lowest BCUT2D eigenvalue weighted by atomic mass is 9.98. The second-order valence-electron chi connectivity index (χ2n) is 4.05. The second kappa shape index (κ2) is 4.30. The zero-order chi connectivity index (χ0) is 12.6. The standard InChI is InChI=1S/C13H14FNO2/c1-7-8(2)17-9(3)12(7)13(16)10-4-5-15-6-11(10)14/h4-6,13,16H,1-3H3. The van der Waals surface area contributed by atoms with E-state index in [1.165, 1.54) is 12.3 Å². The molecule has 0 aliphatic carbocycles. The summed E-state index contributed by atoms with van der Waals surface area (Å²) in [6.45, 7) is 5.43. The Hall–Kier alpha value is -1.68. The van der Waals surface area contributed by atoms with Gasteiger partial charge in [0.25, 0.3) is 0 Å². The van der Waals surface area contributed by atoms with Crippen molar-refractivity contribution in [3.8, 4) is 0 Å². The highest BCUT2D eigenvalue weighted by molar-refractivity contribution is 5.38. The summed E-state index contributed by atoms with van der Waals surface area (Å²) in [5, 5.41) is 10.2. The molecule has 4 heteroatoms. The SMILES string of the molecule is Cc1oc(C)c(C(O)c2ccncc2F)c1C. The lowest BCUT2D eigenvalue weighted by Crippen LogP contribution is -2.04. The molecule has 0 spiro atoms. The van der Waals surface area contributed by atoms with Crippen LogP contribution in [0.5, 0.6) is 0 Å². The maximum Gasteiger partial charge on any atom is 0.147 e. The van der Waals surface area contributed by atoms with Crippen LogP contribution in [-0.4, -0.2) is 10.1 Å². The van der Waals surface area contributed by atoms with Crippen molar-refractivity contribution in [3.05, 3.63) is 52.5 Å². The Balaban J connectivity index is 2.51. The number of hydrogen-bond donors (Lipinski definition) is 1. The molecule has 0 saturated carbocycles. The topological polar surface area (TPSA) is 46.3 Å². The first-order chi connectivity index (χ1) is 8.02. The molecular weight excluding hydrogens is 221 g/mol. The molecule has 2 rings (SSSR count). The quantitative estimate of drug-likeness (QED) is 0.870. The van der Waals surface area contributed by atoms with Gasteiger partial charge in [-0.2, -0.15) is 0 Å². The van der Waals surface area contributed by atoms with Gasteiger partial charge in [0.15, 0.2) is 0 Å². The van der Waals surface area contributed by atoms with Crippen molar-refractivity contribution in [2.75, 3.05) is 0 Å². The van der Waals surface area contributed by atoms with E-state index in [1.807, 2.05) is 13.8 Å². The lowest BCUT2D eigenvalue weighted by molar-refractivity contribution is 0.212. The minimum absolute atomic E-state index is 0.215. The number of halogens is 1. The normalized spacial score (nSPS) is 12.8. The number of hydrogen-bond acceptors (Lipinski definition) is 3. The predicted octanol–water partition coefficient (Wildman–Crippen LogP) is 2.82. The highest BCUT2D eigenvalue weighted by Crippen LogP contribution is 2.31. The molecule has 0 amide bonds. The van der Waals surface area contributed by atoms with Crippen molar-refractivity contribution < 1.29 is 13.9 Å². The van der Waals surface area contributed by atoms with Crippen LogP contribution in [0.2, 0.25) is 0 Å². The Bertz CT molecular complexity index is 548. The summed E-state index contributed by atoms with van der Waals surface area (Å²) < 4.78 is 19.0. The maximum absolute atomic E-state index is 13.5. The van der Waals surface area contributed by atoms with E-state index in [0.29, 0.717) is 11.3 Å². The van der Waals surface area contributed by atoms with Crippen LogP contribution in [0.15, 0.2) is 22.9 Å². The highest BCUT2D eigenvalue weighted by Gasteiger charge is 2.22. The van der Waals surface area contributed by atoms with Gasteiger partial charge in [-0.15, -0.1) is 0 Å². The molecule has 90 valence electrons. The number of pyridine rings is 1. The third kappa shape index (κ3) is 1.96. The van der Waals surface area contributed by atoms with E-state index >= 15 is 0 Å². The number of nitrogens with zero attached hydrogens (tertiary/aromatic N) is 1. The summed E-state index contributed by atoms with van der Waals surface area (Å²) in [5.41, 5.74) is 1.70. The van der Waals surface area contributed by atoms with E-state index in [1.54, 1.807) is 6.92 Å². The van der Waals surface area contributed by atoms with Crippen LogP contribution in [0.4, 0.5) is 4.39 Å². The van der Waals surface area contributed by atoms with E-state index < -0.39 is 11.9 Å². The first-order valence-electron chi connectivity index (χ1n) is 5.36. The van der Waals surface area contributed by atoms with Crippen molar-refractivity contribution in [3.63, 3.8) is 0 Å². The number of aliphatic hydroxyl groups excluding tert-OH is 1. The molecular formula is C13H14FNO2. The first kappa shape index (κ1) is 11.8. The van der Waals surface area contributed by atoms with Crippen molar-refractivity contribution in [1.82, 2.24) is 4.98 Å². The number of aliphatic hydroxyl groups is 1. The minimum atomic E-state index is -1.02. The molecule has 2 heterocycles. The molecule has 0 aliphatic rings. The zero-order valence-electron chi connectivity index (χ0n) is 9.99. The Morgan fingerprint density at radius 1 is 1.29 bits per heavy atom. The van der Waals surface area contributed by atoms with Crippen molar-refractivity contribution >= 4 is 0 Å². The van der Waals surface area contributed by atoms with Gasteiger partial charge in [-0.25, -0.2) is 4.39 Å². The largest absolute Gasteiger partial charge is 0.466 e. The molecule has 0 radical (unpaired) electrons.